The lowest BCUT2D eigenvalue weighted by atomic mass is 9.94. The Morgan fingerprint density at radius 2 is 2.10 bits per heavy atom. The molecule has 0 radical (unpaired) electrons. The first kappa shape index (κ1) is 20.5. The highest BCUT2D eigenvalue weighted by molar-refractivity contribution is 7.12. The largest absolute Gasteiger partial charge is 0.348 e. The van der Waals surface area contributed by atoms with Gasteiger partial charge in [0, 0.05) is 42.5 Å². The molecule has 0 bridgehead atoms. The summed E-state index contributed by atoms with van der Waals surface area (Å²) in [5.74, 6) is -0.0902. The van der Waals surface area contributed by atoms with E-state index in [1.165, 1.54) is 23.8 Å². The second-order valence-electron chi connectivity index (χ2n) is 7.86. The van der Waals surface area contributed by atoms with Crippen LogP contribution in [0.5, 0.6) is 0 Å². The molecule has 30 heavy (non-hydrogen) atoms. The summed E-state index contributed by atoms with van der Waals surface area (Å²) in [6, 6.07) is 1.63. The van der Waals surface area contributed by atoms with Gasteiger partial charge >= 0.3 is 0 Å². The zero-order valence-corrected chi connectivity index (χ0v) is 18.1. The summed E-state index contributed by atoms with van der Waals surface area (Å²) in [7, 11) is 0. The van der Waals surface area contributed by atoms with Crippen molar-refractivity contribution in [3.05, 3.63) is 62.1 Å². The Morgan fingerprint density at radius 3 is 2.80 bits per heavy atom. The van der Waals surface area contributed by atoms with E-state index in [0.29, 0.717) is 30.1 Å². The van der Waals surface area contributed by atoms with Crippen molar-refractivity contribution in [1.82, 2.24) is 15.2 Å². The first-order valence-corrected chi connectivity index (χ1v) is 11.1. The maximum Gasteiger partial charge on any atom is 0.252 e. The number of aryl methyl sites for hydroxylation is 1. The van der Waals surface area contributed by atoms with Crippen LogP contribution in [0.3, 0.4) is 0 Å². The number of nitrogens with one attached hydrogen (secondary N) is 1. The highest BCUT2D eigenvalue weighted by atomic mass is 32.1. The van der Waals surface area contributed by atoms with E-state index in [-0.39, 0.29) is 17.6 Å². The van der Waals surface area contributed by atoms with Gasteiger partial charge in [-0.25, -0.2) is 0 Å². The summed E-state index contributed by atoms with van der Waals surface area (Å²) in [5.41, 5.74) is 5.59. The number of allylic oxidation sites excluding steroid dienone is 1. The van der Waals surface area contributed by atoms with Crippen molar-refractivity contribution < 1.29 is 14.4 Å². The average Bonchev–Trinajstić information content (AvgIpc) is 3.44. The molecule has 1 N–H and O–H groups in total. The van der Waals surface area contributed by atoms with Crippen LogP contribution in [0.2, 0.25) is 0 Å². The van der Waals surface area contributed by atoms with Crippen LogP contribution in [0.15, 0.2) is 29.3 Å². The molecule has 0 aromatic carbocycles. The topological polar surface area (TPSA) is 79.4 Å². The van der Waals surface area contributed by atoms with Gasteiger partial charge in [-0.3, -0.25) is 19.4 Å². The Balaban J connectivity index is 1.47. The second kappa shape index (κ2) is 8.52. The summed E-state index contributed by atoms with van der Waals surface area (Å²) in [6.07, 6.45) is 7.61. The lowest BCUT2D eigenvalue weighted by molar-refractivity contribution is -0.128. The van der Waals surface area contributed by atoms with Gasteiger partial charge < -0.3 is 10.2 Å². The quantitative estimate of drug-likeness (QED) is 0.746. The number of nitrogens with zero attached hydrogens (tertiary/aromatic N) is 2. The number of thiophene rings is 1. The van der Waals surface area contributed by atoms with Gasteiger partial charge in [0.15, 0.2) is 5.78 Å². The maximum atomic E-state index is 12.7. The molecule has 2 aromatic rings. The fourth-order valence-corrected chi connectivity index (χ4v) is 4.90. The summed E-state index contributed by atoms with van der Waals surface area (Å²) in [5, 5.41) is 4.67. The molecular weight excluding hydrogens is 398 g/mol. The number of carbonyl (C=O) groups is 3. The van der Waals surface area contributed by atoms with Crippen molar-refractivity contribution >= 4 is 28.9 Å². The third-order valence-electron chi connectivity index (χ3n) is 5.83. The smallest absolute Gasteiger partial charge is 0.252 e. The van der Waals surface area contributed by atoms with Crippen molar-refractivity contribution in [3.8, 4) is 0 Å². The molecule has 2 aliphatic rings. The zero-order valence-electron chi connectivity index (χ0n) is 17.3. The number of pyridine rings is 1. The van der Waals surface area contributed by atoms with Crippen LogP contribution < -0.4 is 5.32 Å². The van der Waals surface area contributed by atoms with Crippen LogP contribution >= 0.6 is 11.3 Å². The molecule has 0 unspecified atom stereocenters. The number of amides is 2. The Kier molecular flexibility index (Phi) is 5.81. The van der Waals surface area contributed by atoms with Crippen LogP contribution in [0.1, 0.15) is 68.6 Å². The molecule has 156 valence electrons. The van der Waals surface area contributed by atoms with Gasteiger partial charge in [0.1, 0.15) is 0 Å². The van der Waals surface area contributed by atoms with Crippen LogP contribution in [-0.2, 0) is 24.3 Å². The van der Waals surface area contributed by atoms with E-state index in [1.54, 1.807) is 11.4 Å². The number of carbonyl (C=O) groups excluding carboxylic acids is 3. The molecule has 1 aliphatic heterocycles. The lowest BCUT2D eigenvalue weighted by Crippen LogP contribution is -2.37. The van der Waals surface area contributed by atoms with E-state index >= 15 is 0 Å². The Bertz CT molecular complexity index is 1050. The standard InChI is InChI=1S/C23H25N3O3S/c1-14-20(11-25-22(28)17-9-21(15(2)27)30-13-17)19-7-8-26(12-18(19)10-24-14)23(29)16-5-3-4-6-16/h5,9-10,13H,3-4,6-8,11-12H2,1-2H3,(H,25,28). The summed E-state index contributed by atoms with van der Waals surface area (Å²) >= 11 is 1.28. The maximum absolute atomic E-state index is 12.7. The first-order chi connectivity index (χ1) is 14.4. The molecule has 0 atom stereocenters. The molecule has 0 saturated carbocycles. The highest BCUT2D eigenvalue weighted by Gasteiger charge is 2.26. The molecule has 6 nitrogen and oxygen atoms in total. The summed E-state index contributed by atoms with van der Waals surface area (Å²) < 4.78 is 0. The van der Waals surface area contributed by atoms with Crippen LogP contribution in [-0.4, -0.2) is 34.0 Å². The van der Waals surface area contributed by atoms with Gasteiger partial charge in [-0.1, -0.05) is 6.08 Å². The van der Waals surface area contributed by atoms with Crippen molar-refractivity contribution in [2.75, 3.05) is 6.54 Å². The first-order valence-electron chi connectivity index (χ1n) is 10.3. The van der Waals surface area contributed by atoms with Gasteiger partial charge in [0.25, 0.3) is 5.91 Å². The average molecular weight is 424 g/mol. The summed E-state index contributed by atoms with van der Waals surface area (Å²) in [6.45, 7) is 5.06. The van der Waals surface area contributed by atoms with Gasteiger partial charge in [0.05, 0.1) is 10.4 Å². The number of aromatic nitrogens is 1. The minimum Gasteiger partial charge on any atom is -0.348 e. The number of fused-ring (bicyclic) bond motifs is 1. The third-order valence-corrected chi connectivity index (χ3v) is 6.86. The normalized spacial score (nSPS) is 15.5. The monoisotopic (exact) mass is 423 g/mol. The fourth-order valence-electron chi connectivity index (χ4n) is 4.11. The third kappa shape index (κ3) is 4.07. The van der Waals surface area contributed by atoms with Gasteiger partial charge in [0.2, 0.25) is 5.91 Å². The highest BCUT2D eigenvalue weighted by Crippen LogP contribution is 2.27. The van der Waals surface area contributed by atoms with Crippen LogP contribution in [0, 0.1) is 6.92 Å². The fraction of sp³-hybridized carbons (Fsp3) is 0.391. The van der Waals surface area contributed by atoms with Crippen molar-refractivity contribution in [2.45, 2.75) is 52.6 Å². The molecule has 0 fully saturated rings. The predicted molar refractivity (Wildman–Crippen MR) is 116 cm³/mol. The van der Waals surface area contributed by atoms with E-state index in [0.717, 1.165) is 48.1 Å². The van der Waals surface area contributed by atoms with E-state index in [1.807, 2.05) is 18.0 Å². The van der Waals surface area contributed by atoms with Gasteiger partial charge in [-0.15, -0.1) is 11.3 Å². The Morgan fingerprint density at radius 1 is 1.27 bits per heavy atom. The van der Waals surface area contributed by atoms with E-state index < -0.39 is 0 Å². The molecule has 3 heterocycles. The van der Waals surface area contributed by atoms with Gasteiger partial charge in [-0.2, -0.15) is 0 Å². The minimum atomic E-state index is -0.198. The van der Waals surface area contributed by atoms with Crippen molar-refractivity contribution in [3.63, 3.8) is 0 Å². The number of Topliss-reactive ketones (excluding diaryl/α,β-unsaturated/α-hetero) is 1. The molecule has 2 aromatic heterocycles. The molecule has 2 amide bonds. The minimum absolute atomic E-state index is 0.0382. The van der Waals surface area contributed by atoms with Crippen LogP contribution in [0.4, 0.5) is 0 Å². The molecule has 4 rings (SSSR count). The SMILES string of the molecule is CC(=O)c1cc(C(=O)NCc2c(C)ncc3c2CCN(C(=O)C2=CCCC2)C3)cs1. The molecule has 0 spiro atoms. The van der Waals surface area contributed by atoms with E-state index in [9.17, 15) is 14.4 Å². The number of ketones is 1. The molecule has 1 aliphatic carbocycles. The predicted octanol–water partition coefficient (Wildman–Crippen LogP) is 3.58. The number of hydrogen-bond donors (Lipinski definition) is 1. The molecular formula is C23H25N3O3S. The van der Waals surface area contributed by atoms with E-state index in [2.05, 4.69) is 16.4 Å². The molecule has 7 heteroatoms. The Labute approximate surface area is 180 Å². The zero-order chi connectivity index (χ0) is 21.3. The number of hydrogen-bond acceptors (Lipinski definition) is 5. The second-order valence-corrected chi connectivity index (χ2v) is 8.77. The van der Waals surface area contributed by atoms with E-state index in [4.69, 9.17) is 0 Å². The van der Waals surface area contributed by atoms with Crippen molar-refractivity contribution in [1.29, 1.82) is 0 Å². The van der Waals surface area contributed by atoms with Crippen LogP contribution in [0.25, 0.3) is 0 Å². The Hall–Kier alpha value is -2.80. The molecule has 0 saturated heterocycles. The van der Waals surface area contributed by atoms with Crippen molar-refractivity contribution in [2.24, 2.45) is 0 Å². The lowest BCUT2D eigenvalue weighted by Gasteiger charge is -2.31. The number of rotatable bonds is 5. The van der Waals surface area contributed by atoms with Gasteiger partial charge in [-0.05, 0) is 62.3 Å². The summed E-state index contributed by atoms with van der Waals surface area (Å²) in [4.78, 5) is 43.7.